The van der Waals surface area contributed by atoms with E-state index in [4.69, 9.17) is 5.73 Å². The van der Waals surface area contributed by atoms with Gasteiger partial charge in [-0.3, -0.25) is 0 Å². The third-order valence-electron chi connectivity index (χ3n) is 3.76. The molecule has 1 heterocycles. The Hall–Kier alpha value is -1.96. The van der Waals surface area contributed by atoms with Crippen LogP contribution in [0.4, 0.5) is 11.4 Å². The average Bonchev–Trinajstić information content (AvgIpc) is 2.41. The van der Waals surface area contributed by atoms with Crippen LogP contribution in [0, 0.1) is 6.92 Å². The van der Waals surface area contributed by atoms with Crippen LogP contribution in [-0.4, -0.2) is 6.54 Å². The number of hydrogen-bond donors (Lipinski definition) is 1. The van der Waals surface area contributed by atoms with Crippen LogP contribution in [-0.2, 0) is 13.0 Å². The quantitative estimate of drug-likeness (QED) is 0.773. The molecule has 0 bridgehead atoms. The van der Waals surface area contributed by atoms with Crippen molar-refractivity contribution >= 4 is 11.4 Å². The Labute approximate surface area is 108 Å². The Morgan fingerprint density at radius 3 is 2.61 bits per heavy atom. The average molecular weight is 238 g/mol. The normalized spacial score (nSPS) is 14.4. The van der Waals surface area contributed by atoms with E-state index >= 15 is 0 Å². The number of aryl methyl sites for hydroxylation is 1. The SMILES string of the molecule is Cc1ccc(N2CCc3ccccc3C2)cc1N. The van der Waals surface area contributed by atoms with Gasteiger partial charge in [0.1, 0.15) is 0 Å². The van der Waals surface area contributed by atoms with Crippen LogP contribution in [0.1, 0.15) is 16.7 Å². The number of nitrogen functional groups attached to an aromatic ring is 1. The van der Waals surface area contributed by atoms with Crippen molar-refractivity contribution in [2.24, 2.45) is 0 Å². The molecule has 0 fully saturated rings. The molecule has 0 aromatic heterocycles. The zero-order chi connectivity index (χ0) is 12.5. The summed E-state index contributed by atoms with van der Waals surface area (Å²) in [7, 11) is 0. The van der Waals surface area contributed by atoms with Gasteiger partial charge in [-0.25, -0.2) is 0 Å². The summed E-state index contributed by atoms with van der Waals surface area (Å²) in [5, 5.41) is 0. The molecular formula is C16H18N2. The van der Waals surface area contributed by atoms with E-state index in [0.29, 0.717) is 0 Å². The molecule has 0 unspecified atom stereocenters. The minimum Gasteiger partial charge on any atom is -0.398 e. The summed E-state index contributed by atoms with van der Waals surface area (Å²) in [6.45, 7) is 4.10. The Kier molecular flexibility index (Phi) is 2.71. The second kappa shape index (κ2) is 4.37. The highest BCUT2D eigenvalue weighted by molar-refractivity contribution is 5.60. The highest BCUT2D eigenvalue weighted by Gasteiger charge is 2.16. The minimum atomic E-state index is 0.881. The van der Waals surface area contributed by atoms with E-state index in [2.05, 4.69) is 47.4 Å². The predicted molar refractivity (Wildman–Crippen MR) is 76.8 cm³/mol. The molecule has 1 aliphatic rings. The lowest BCUT2D eigenvalue weighted by molar-refractivity contribution is 0.732. The molecular weight excluding hydrogens is 220 g/mol. The van der Waals surface area contributed by atoms with Crippen molar-refractivity contribution in [1.29, 1.82) is 0 Å². The van der Waals surface area contributed by atoms with Crippen LogP contribution >= 0.6 is 0 Å². The maximum Gasteiger partial charge on any atom is 0.0432 e. The fraction of sp³-hybridized carbons (Fsp3) is 0.250. The summed E-state index contributed by atoms with van der Waals surface area (Å²) in [4.78, 5) is 2.40. The summed E-state index contributed by atoms with van der Waals surface area (Å²) >= 11 is 0. The molecule has 2 aromatic rings. The summed E-state index contributed by atoms with van der Waals surface area (Å²) in [6, 6.07) is 15.0. The molecule has 2 heteroatoms. The Morgan fingerprint density at radius 2 is 1.83 bits per heavy atom. The number of benzene rings is 2. The molecule has 0 saturated carbocycles. The molecule has 0 spiro atoms. The smallest absolute Gasteiger partial charge is 0.0432 e. The number of nitrogens with two attached hydrogens (primary N) is 1. The Bertz CT molecular complexity index is 575. The van der Waals surface area contributed by atoms with Gasteiger partial charge >= 0.3 is 0 Å². The van der Waals surface area contributed by atoms with Crippen molar-refractivity contribution in [3.63, 3.8) is 0 Å². The molecule has 3 rings (SSSR count). The van der Waals surface area contributed by atoms with Crippen molar-refractivity contribution in [2.45, 2.75) is 19.9 Å². The van der Waals surface area contributed by atoms with Crippen molar-refractivity contribution in [1.82, 2.24) is 0 Å². The predicted octanol–water partition coefficient (Wildman–Crippen LogP) is 3.14. The van der Waals surface area contributed by atoms with Crippen LogP contribution in [0.15, 0.2) is 42.5 Å². The van der Waals surface area contributed by atoms with Crippen LogP contribution < -0.4 is 10.6 Å². The molecule has 0 saturated heterocycles. The summed E-state index contributed by atoms with van der Waals surface area (Å²) < 4.78 is 0. The number of hydrogen-bond acceptors (Lipinski definition) is 2. The van der Waals surface area contributed by atoms with Crippen molar-refractivity contribution in [2.75, 3.05) is 17.2 Å². The third-order valence-corrected chi connectivity index (χ3v) is 3.76. The maximum atomic E-state index is 6.00. The van der Waals surface area contributed by atoms with E-state index < -0.39 is 0 Å². The Balaban J connectivity index is 1.89. The minimum absolute atomic E-state index is 0.881. The van der Waals surface area contributed by atoms with Crippen LogP contribution in [0.2, 0.25) is 0 Å². The second-order valence-corrected chi connectivity index (χ2v) is 4.98. The van der Waals surface area contributed by atoms with Crippen molar-refractivity contribution in [3.8, 4) is 0 Å². The third kappa shape index (κ3) is 1.94. The van der Waals surface area contributed by atoms with Gasteiger partial charge in [0.05, 0.1) is 0 Å². The van der Waals surface area contributed by atoms with Crippen LogP contribution in [0.25, 0.3) is 0 Å². The number of nitrogens with zero attached hydrogens (tertiary/aromatic N) is 1. The fourth-order valence-electron chi connectivity index (χ4n) is 2.54. The number of anilines is 2. The molecule has 0 aliphatic carbocycles. The number of fused-ring (bicyclic) bond motifs is 1. The van der Waals surface area contributed by atoms with E-state index in [1.807, 2.05) is 6.92 Å². The van der Waals surface area contributed by atoms with E-state index in [9.17, 15) is 0 Å². The van der Waals surface area contributed by atoms with Gasteiger partial charge < -0.3 is 10.6 Å². The first kappa shape index (κ1) is 11.1. The largest absolute Gasteiger partial charge is 0.398 e. The molecule has 0 amide bonds. The van der Waals surface area contributed by atoms with Crippen molar-refractivity contribution < 1.29 is 0 Å². The lowest BCUT2D eigenvalue weighted by atomic mass is 9.99. The van der Waals surface area contributed by atoms with E-state index in [1.165, 1.54) is 16.8 Å². The fourth-order valence-corrected chi connectivity index (χ4v) is 2.54. The van der Waals surface area contributed by atoms with Gasteiger partial charge in [0, 0.05) is 24.5 Å². The molecule has 0 atom stereocenters. The first-order chi connectivity index (χ1) is 8.74. The van der Waals surface area contributed by atoms with E-state index in [0.717, 1.165) is 30.8 Å². The molecule has 1 aliphatic heterocycles. The van der Waals surface area contributed by atoms with Gasteiger partial charge in [0.2, 0.25) is 0 Å². The first-order valence-electron chi connectivity index (χ1n) is 6.42. The topological polar surface area (TPSA) is 29.3 Å². The van der Waals surface area contributed by atoms with Gasteiger partial charge in [-0.1, -0.05) is 30.3 Å². The zero-order valence-corrected chi connectivity index (χ0v) is 10.7. The summed E-state index contributed by atoms with van der Waals surface area (Å²) in [6.07, 6.45) is 1.12. The Morgan fingerprint density at radius 1 is 1.06 bits per heavy atom. The molecule has 0 radical (unpaired) electrons. The molecule has 92 valence electrons. The monoisotopic (exact) mass is 238 g/mol. The van der Waals surface area contributed by atoms with Crippen LogP contribution in [0.3, 0.4) is 0 Å². The van der Waals surface area contributed by atoms with E-state index in [-0.39, 0.29) is 0 Å². The highest BCUT2D eigenvalue weighted by Crippen LogP contribution is 2.26. The van der Waals surface area contributed by atoms with E-state index in [1.54, 1.807) is 0 Å². The standard InChI is InChI=1S/C16H18N2/c1-12-6-7-15(10-16(12)17)18-9-8-13-4-2-3-5-14(13)11-18/h2-7,10H,8-9,11,17H2,1H3. The second-order valence-electron chi connectivity index (χ2n) is 4.98. The first-order valence-corrected chi connectivity index (χ1v) is 6.42. The summed E-state index contributed by atoms with van der Waals surface area (Å²) in [5.74, 6) is 0. The lowest BCUT2D eigenvalue weighted by Crippen LogP contribution is -2.30. The maximum absolute atomic E-state index is 6.00. The van der Waals surface area contributed by atoms with Gasteiger partial charge in [-0.05, 0) is 42.2 Å². The highest BCUT2D eigenvalue weighted by atomic mass is 15.1. The van der Waals surface area contributed by atoms with Gasteiger partial charge in [0.15, 0.2) is 0 Å². The van der Waals surface area contributed by atoms with Gasteiger partial charge in [-0.15, -0.1) is 0 Å². The molecule has 18 heavy (non-hydrogen) atoms. The van der Waals surface area contributed by atoms with Gasteiger partial charge in [0.25, 0.3) is 0 Å². The number of rotatable bonds is 1. The lowest BCUT2D eigenvalue weighted by Gasteiger charge is -2.31. The van der Waals surface area contributed by atoms with Crippen LogP contribution in [0.5, 0.6) is 0 Å². The van der Waals surface area contributed by atoms with Gasteiger partial charge in [-0.2, -0.15) is 0 Å². The zero-order valence-electron chi connectivity index (χ0n) is 10.7. The molecule has 2 nitrogen and oxygen atoms in total. The molecule has 2 N–H and O–H groups in total. The van der Waals surface area contributed by atoms with Crippen molar-refractivity contribution in [3.05, 3.63) is 59.2 Å². The summed E-state index contributed by atoms with van der Waals surface area (Å²) in [5.41, 5.74) is 12.2. The molecule has 2 aromatic carbocycles.